The number of hydrogen-bond acceptors (Lipinski definition) is 3. The first-order chi connectivity index (χ1) is 7.65. The molecule has 2 nitrogen and oxygen atoms in total. The third-order valence-electron chi connectivity index (χ3n) is 1.85. The van der Waals surface area contributed by atoms with Gasteiger partial charge in [0.15, 0.2) is 4.47 Å². The van der Waals surface area contributed by atoms with E-state index in [2.05, 4.69) is 9.72 Å². The Morgan fingerprint density at radius 1 is 1.25 bits per heavy atom. The van der Waals surface area contributed by atoms with Crippen molar-refractivity contribution in [2.45, 2.75) is 6.61 Å². The molecule has 0 fully saturated rings. The van der Waals surface area contributed by atoms with E-state index >= 15 is 0 Å². The van der Waals surface area contributed by atoms with Crippen LogP contribution >= 0.6 is 22.9 Å². The Kier molecular flexibility index (Phi) is 3.36. The van der Waals surface area contributed by atoms with Gasteiger partial charge in [0.1, 0.15) is 5.75 Å². The van der Waals surface area contributed by atoms with E-state index < -0.39 is 6.61 Å². The fourth-order valence-corrected chi connectivity index (χ4v) is 1.96. The zero-order valence-electron chi connectivity index (χ0n) is 7.86. The molecule has 2 rings (SSSR count). The predicted molar refractivity (Wildman–Crippen MR) is 59.2 cm³/mol. The number of aromatic nitrogens is 1. The molecule has 0 bridgehead atoms. The molecular formula is C10H6ClF2NOS. The molecule has 2 aromatic rings. The fraction of sp³-hybridized carbons (Fsp3) is 0.100. The molecule has 0 atom stereocenters. The van der Waals surface area contributed by atoms with E-state index in [9.17, 15) is 8.78 Å². The van der Waals surface area contributed by atoms with Gasteiger partial charge in [-0.05, 0) is 24.3 Å². The lowest BCUT2D eigenvalue weighted by atomic mass is 10.2. The minimum Gasteiger partial charge on any atom is -0.435 e. The largest absolute Gasteiger partial charge is 0.435 e. The highest BCUT2D eigenvalue weighted by Crippen LogP contribution is 2.26. The zero-order chi connectivity index (χ0) is 11.5. The van der Waals surface area contributed by atoms with Crippen LogP contribution in [0.5, 0.6) is 5.75 Å². The summed E-state index contributed by atoms with van der Waals surface area (Å²) in [5.41, 5.74) is 1.53. The number of thiazole rings is 1. The highest BCUT2D eigenvalue weighted by molar-refractivity contribution is 7.14. The van der Waals surface area contributed by atoms with E-state index in [1.807, 2.05) is 0 Å². The number of ether oxygens (including phenoxy) is 1. The van der Waals surface area contributed by atoms with Crippen LogP contribution in [0.1, 0.15) is 0 Å². The van der Waals surface area contributed by atoms with E-state index in [4.69, 9.17) is 11.6 Å². The molecule has 6 heteroatoms. The van der Waals surface area contributed by atoms with Crippen molar-refractivity contribution in [1.82, 2.24) is 4.98 Å². The van der Waals surface area contributed by atoms with E-state index in [1.165, 1.54) is 23.5 Å². The van der Waals surface area contributed by atoms with Crippen LogP contribution in [-0.2, 0) is 0 Å². The first-order valence-corrected chi connectivity index (χ1v) is 5.57. The first-order valence-electron chi connectivity index (χ1n) is 4.31. The average Bonchev–Trinajstić information content (AvgIpc) is 2.65. The molecule has 84 valence electrons. The van der Waals surface area contributed by atoms with Gasteiger partial charge in [-0.2, -0.15) is 8.78 Å². The molecule has 0 saturated heterocycles. The summed E-state index contributed by atoms with van der Waals surface area (Å²) in [6.45, 7) is -2.81. The molecule has 0 saturated carbocycles. The maximum atomic E-state index is 11.9. The Morgan fingerprint density at radius 3 is 2.44 bits per heavy atom. The molecule has 16 heavy (non-hydrogen) atoms. The SMILES string of the molecule is FC(F)Oc1ccc(-c2csc(Cl)n2)cc1. The van der Waals surface area contributed by atoms with Gasteiger partial charge in [-0.15, -0.1) is 11.3 Å². The summed E-state index contributed by atoms with van der Waals surface area (Å²) < 4.78 is 28.5. The monoisotopic (exact) mass is 261 g/mol. The zero-order valence-corrected chi connectivity index (χ0v) is 9.43. The molecule has 0 N–H and O–H groups in total. The Morgan fingerprint density at radius 2 is 1.94 bits per heavy atom. The highest BCUT2D eigenvalue weighted by atomic mass is 35.5. The van der Waals surface area contributed by atoms with Gasteiger partial charge in [-0.25, -0.2) is 4.98 Å². The van der Waals surface area contributed by atoms with Crippen LogP contribution in [0.25, 0.3) is 11.3 Å². The number of alkyl halides is 2. The molecule has 0 unspecified atom stereocenters. The molecule has 1 aromatic heterocycles. The highest BCUT2D eigenvalue weighted by Gasteiger charge is 2.06. The van der Waals surface area contributed by atoms with Gasteiger partial charge >= 0.3 is 6.61 Å². The van der Waals surface area contributed by atoms with Gasteiger partial charge in [0, 0.05) is 10.9 Å². The molecule has 0 aliphatic carbocycles. The Balaban J connectivity index is 2.19. The summed E-state index contributed by atoms with van der Waals surface area (Å²) in [5, 5.41) is 1.80. The van der Waals surface area contributed by atoms with Crippen molar-refractivity contribution < 1.29 is 13.5 Å². The smallest absolute Gasteiger partial charge is 0.387 e. The van der Waals surface area contributed by atoms with Gasteiger partial charge < -0.3 is 4.74 Å². The van der Waals surface area contributed by atoms with Gasteiger partial charge in [-0.1, -0.05) is 11.6 Å². The van der Waals surface area contributed by atoms with E-state index in [0.717, 1.165) is 11.3 Å². The van der Waals surface area contributed by atoms with E-state index in [-0.39, 0.29) is 5.75 Å². The standard InChI is InChI=1S/C10H6ClF2NOS/c11-9-14-8(5-16-9)6-1-3-7(4-2-6)15-10(12)13/h1-5,10H. The summed E-state index contributed by atoms with van der Waals surface area (Å²) in [7, 11) is 0. The number of hydrogen-bond donors (Lipinski definition) is 0. The fourth-order valence-electron chi connectivity index (χ4n) is 1.19. The van der Waals surface area contributed by atoms with Crippen LogP contribution in [-0.4, -0.2) is 11.6 Å². The summed E-state index contributed by atoms with van der Waals surface area (Å²) in [5.74, 6) is 0.125. The molecular weight excluding hydrogens is 256 g/mol. The van der Waals surface area contributed by atoms with Crippen LogP contribution in [0.15, 0.2) is 29.6 Å². The molecule has 0 aliphatic heterocycles. The van der Waals surface area contributed by atoms with Crippen LogP contribution in [0.3, 0.4) is 0 Å². The summed E-state index contributed by atoms with van der Waals surface area (Å²) in [6.07, 6.45) is 0. The normalized spacial score (nSPS) is 10.8. The predicted octanol–water partition coefficient (Wildman–Crippen LogP) is 4.06. The second kappa shape index (κ2) is 4.76. The first kappa shape index (κ1) is 11.3. The van der Waals surface area contributed by atoms with Crippen LogP contribution in [0, 0.1) is 0 Å². The maximum absolute atomic E-state index is 11.9. The van der Waals surface area contributed by atoms with Crippen LogP contribution in [0.2, 0.25) is 4.47 Å². The van der Waals surface area contributed by atoms with Crippen molar-refractivity contribution in [3.05, 3.63) is 34.1 Å². The van der Waals surface area contributed by atoms with Crippen molar-refractivity contribution in [2.24, 2.45) is 0 Å². The van der Waals surface area contributed by atoms with Crippen LogP contribution in [0.4, 0.5) is 8.78 Å². The number of halogens is 3. The van der Waals surface area contributed by atoms with E-state index in [1.54, 1.807) is 17.5 Å². The minimum atomic E-state index is -2.81. The summed E-state index contributed by atoms with van der Waals surface area (Å²) in [4.78, 5) is 4.07. The average molecular weight is 262 g/mol. The second-order valence-corrected chi connectivity index (χ2v) is 4.33. The quantitative estimate of drug-likeness (QED) is 0.831. The Bertz CT molecular complexity index is 472. The number of rotatable bonds is 3. The van der Waals surface area contributed by atoms with Gasteiger partial charge in [0.25, 0.3) is 0 Å². The molecule has 0 radical (unpaired) electrons. The van der Waals surface area contributed by atoms with Gasteiger partial charge in [0.05, 0.1) is 5.69 Å². The van der Waals surface area contributed by atoms with Crippen molar-refractivity contribution in [3.8, 4) is 17.0 Å². The molecule has 1 heterocycles. The van der Waals surface area contributed by atoms with Crippen molar-refractivity contribution in [1.29, 1.82) is 0 Å². The van der Waals surface area contributed by atoms with Gasteiger partial charge in [0.2, 0.25) is 0 Å². The third kappa shape index (κ3) is 2.68. The number of benzene rings is 1. The molecule has 1 aromatic carbocycles. The minimum absolute atomic E-state index is 0.125. The maximum Gasteiger partial charge on any atom is 0.387 e. The Labute approximate surface area is 99.5 Å². The Hall–Kier alpha value is -1.20. The molecule has 0 aliphatic rings. The lowest BCUT2D eigenvalue weighted by Gasteiger charge is -2.04. The molecule has 0 amide bonds. The summed E-state index contributed by atoms with van der Waals surface area (Å²) >= 11 is 7.01. The van der Waals surface area contributed by atoms with Crippen molar-refractivity contribution in [2.75, 3.05) is 0 Å². The van der Waals surface area contributed by atoms with Crippen molar-refractivity contribution >= 4 is 22.9 Å². The second-order valence-electron chi connectivity index (χ2n) is 2.89. The van der Waals surface area contributed by atoms with Crippen molar-refractivity contribution in [3.63, 3.8) is 0 Å². The topological polar surface area (TPSA) is 22.1 Å². The summed E-state index contributed by atoms with van der Waals surface area (Å²) in [6, 6.07) is 6.25. The lowest BCUT2D eigenvalue weighted by molar-refractivity contribution is -0.0498. The molecule has 0 spiro atoms. The van der Waals surface area contributed by atoms with Crippen LogP contribution < -0.4 is 4.74 Å². The number of nitrogens with zero attached hydrogens (tertiary/aromatic N) is 1. The lowest BCUT2D eigenvalue weighted by Crippen LogP contribution is -2.01. The van der Waals surface area contributed by atoms with E-state index in [0.29, 0.717) is 4.47 Å². The van der Waals surface area contributed by atoms with Gasteiger partial charge in [-0.3, -0.25) is 0 Å². The third-order valence-corrected chi connectivity index (χ3v) is 2.83.